The van der Waals surface area contributed by atoms with Crippen molar-refractivity contribution in [2.75, 3.05) is 5.32 Å². The Hall–Kier alpha value is -2.37. The van der Waals surface area contributed by atoms with Crippen molar-refractivity contribution in [1.29, 1.82) is 0 Å². The number of carboxylic acids is 1. The van der Waals surface area contributed by atoms with Crippen LogP contribution in [0.3, 0.4) is 0 Å². The number of rotatable bonds is 6. The highest BCUT2D eigenvalue weighted by molar-refractivity contribution is 7.14. The van der Waals surface area contributed by atoms with Crippen LogP contribution >= 0.6 is 22.9 Å². The number of thiazole rings is 1. The predicted octanol–water partition coefficient (Wildman–Crippen LogP) is 6.96. The zero-order valence-corrected chi connectivity index (χ0v) is 17.5. The maximum absolute atomic E-state index is 10.9. The minimum absolute atomic E-state index is 0.307. The summed E-state index contributed by atoms with van der Waals surface area (Å²) in [5.74, 6) is 0.193. The lowest BCUT2D eigenvalue weighted by atomic mass is 9.77. The molecule has 4 nitrogen and oxygen atoms in total. The normalized spacial score (nSPS) is 19.1. The first-order valence-electron chi connectivity index (χ1n) is 9.87. The van der Waals surface area contributed by atoms with E-state index >= 15 is 0 Å². The molecule has 0 unspecified atom stereocenters. The third-order valence-electron chi connectivity index (χ3n) is 5.57. The fourth-order valence-electron chi connectivity index (χ4n) is 4.03. The van der Waals surface area contributed by atoms with Crippen molar-refractivity contribution in [3.63, 3.8) is 0 Å². The summed E-state index contributed by atoms with van der Waals surface area (Å²) in [5, 5.41) is 15.8. The van der Waals surface area contributed by atoms with Gasteiger partial charge in [-0.3, -0.25) is 4.79 Å². The monoisotopic (exact) mass is 426 g/mol. The zero-order chi connectivity index (χ0) is 20.2. The zero-order valence-electron chi connectivity index (χ0n) is 16.0. The SMILES string of the molecule is O=C(O)CC1CCC(c2ccc(-c3csc(Nc4cccc(Cl)c4)n3)cc2)CC1. The molecular weight excluding hydrogens is 404 g/mol. The van der Waals surface area contributed by atoms with E-state index in [-0.39, 0.29) is 0 Å². The van der Waals surface area contributed by atoms with Gasteiger partial charge >= 0.3 is 5.97 Å². The molecule has 1 aromatic heterocycles. The van der Waals surface area contributed by atoms with Crippen molar-refractivity contribution in [3.05, 3.63) is 64.5 Å². The minimum atomic E-state index is -0.676. The number of aliphatic carboxylic acids is 1. The summed E-state index contributed by atoms with van der Waals surface area (Å²) in [4.78, 5) is 15.6. The van der Waals surface area contributed by atoms with Crippen LogP contribution in [0, 0.1) is 5.92 Å². The molecule has 4 rings (SSSR count). The Morgan fingerprint density at radius 3 is 2.59 bits per heavy atom. The molecule has 2 N–H and O–H groups in total. The maximum atomic E-state index is 10.9. The Labute approximate surface area is 179 Å². The van der Waals surface area contributed by atoms with Gasteiger partial charge in [0.1, 0.15) is 0 Å². The van der Waals surface area contributed by atoms with Gasteiger partial charge in [-0.05, 0) is 61.3 Å². The highest BCUT2D eigenvalue weighted by Gasteiger charge is 2.24. The summed E-state index contributed by atoms with van der Waals surface area (Å²) >= 11 is 7.61. The maximum Gasteiger partial charge on any atom is 0.303 e. The Kier molecular flexibility index (Phi) is 6.16. The lowest BCUT2D eigenvalue weighted by molar-refractivity contribution is -0.138. The molecule has 0 radical (unpaired) electrons. The number of hydrogen-bond acceptors (Lipinski definition) is 4. The number of nitrogens with zero attached hydrogens (tertiary/aromatic N) is 1. The van der Waals surface area contributed by atoms with E-state index in [1.165, 1.54) is 5.56 Å². The first-order chi connectivity index (χ1) is 14.1. The van der Waals surface area contributed by atoms with Gasteiger partial charge in [0.2, 0.25) is 0 Å². The van der Waals surface area contributed by atoms with Crippen LogP contribution in [0.2, 0.25) is 5.02 Å². The van der Waals surface area contributed by atoms with Crippen LogP contribution in [0.5, 0.6) is 0 Å². The van der Waals surface area contributed by atoms with Gasteiger partial charge in [0.15, 0.2) is 5.13 Å². The largest absolute Gasteiger partial charge is 0.481 e. The van der Waals surface area contributed by atoms with Gasteiger partial charge in [0, 0.05) is 28.1 Å². The Morgan fingerprint density at radius 1 is 1.14 bits per heavy atom. The van der Waals surface area contributed by atoms with Crippen molar-refractivity contribution < 1.29 is 9.90 Å². The number of aromatic nitrogens is 1. The Balaban J connectivity index is 1.38. The molecule has 3 aromatic rings. The lowest BCUT2D eigenvalue weighted by Crippen LogP contribution is -2.16. The number of halogens is 1. The molecule has 0 bridgehead atoms. The van der Waals surface area contributed by atoms with Crippen LogP contribution in [0.4, 0.5) is 10.8 Å². The first kappa shape index (κ1) is 19.9. The second-order valence-corrected chi connectivity index (χ2v) is 8.91. The van der Waals surface area contributed by atoms with Gasteiger partial charge in [0.05, 0.1) is 5.69 Å². The van der Waals surface area contributed by atoms with Crippen molar-refractivity contribution >= 4 is 39.7 Å². The molecule has 0 atom stereocenters. The van der Waals surface area contributed by atoms with Crippen LogP contribution in [0.15, 0.2) is 53.9 Å². The summed E-state index contributed by atoms with van der Waals surface area (Å²) < 4.78 is 0. The van der Waals surface area contributed by atoms with Crippen LogP contribution in [-0.2, 0) is 4.79 Å². The van der Waals surface area contributed by atoms with Crippen molar-refractivity contribution in [2.45, 2.75) is 38.0 Å². The predicted molar refractivity (Wildman–Crippen MR) is 119 cm³/mol. The second-order valence-electron chi connectivity index (χ2n) is 7.61. The Bertz CT molecular complexity index is 979. The van der Waals surface area contributed by atoms with E-state index in [1.54, 1.807) is 11.3 Å². The highest BCUT2D eigenvalue weighted by atomic mass is 35.5. The number of hydrogen-bond donors (Lipinski definition) is 2. The fourth-order valence-corrected chi connectivity index (χ4v) is 4.96. The molecular formula is C23H23ClN2O2S. The van der Waals surface area contributed by atoms with Gasteiger partial charge in [-0.15, -0.1) is 11.3 Å². The number of nitrogens with one attached hydrogen (secondary N) is 1. The van der Waals surface area contributed by atoms with E-state index in [0.29, 0.717) is 23.3 Å². The van der Waals surface area contributed by atoms with Crippen LogP contribution in [0.25, 0.3) is 11.3 Å². The third kappa shape index (κ3) is 5.17. The first-order valence-corrected chi connectivity index (χ1v) is 11.1. The third-order valence-corrected chi connectivity index (χ3v) is 6.56. The minimum Gasteiger partial charge on any atom is -0.481 e. The molecule has 0 amide bonds. The van der Waals surface area contributed by atoms with E-state index in [0.717, 1.165) is 47.8 Å². The van der Waals surface area contributed by atoms with Gasteiger partial charge < -0.3 is 10.4 Å². The van der Waals surface area contributed by atoms with E-state index < -0.39 is 5.97 Å². The summed E-state index contributed by atoms with van der Waals surface area (Å²) in [6.45, 7) is 0. The van der Waals surface area contributed by atoms with Crippen LogP contribution in [-0.4, -0.2) is 16.1 Å². The molecule has 1 heterocycles. The average molecular weight is 427 g/mol. The summed E-state index contributed by atoms with van der Waals surface area (Å²) in [7, 11) is 0. The van der Waals surface area contributed by atoms with Gasteiger partial charge in [-0.2, -0.15) is 0 Å². The molecule has 2 aromatic carbocycles. The molecule has 150 valence electrons. The molecule has 6 heteroatoms. The van der Waals surface area contributed by atoms with E-state index in [4.69, 9.17) is 21.7 Å². The Morgan fingerprint density at radius 2 is 1.90 bits per heavy atom. The van der Waals surface area contributed by atoms with Crippen LogP contribution in [0.1, 0.15) is 43.6 Å². The van der Waals surface area contributed by atoms with Crippen molar-refractivity contribution in [3.8, 4) is 11.3 Å². The molecule has 0 saturated heterocycles. The summed E-state index contributed by atoms with van der Waals surface area (Å²) in [5.41, 5.74) is 4.32. The molecule has 1 saturated carbocycles. The topological polar surface area (TPSA) is 62.2 Å². The highest BCUT2D eigenvalue weighted by Crippen LogP contribution is 2.38. The van der Waals surface area contributed by atoms with E-state index in [1.807, 2.05) is 24.3 Å². The lowest BCUT2D eigenvalue weighted by Gasteiger charge is -2.28. The van der Waals surface area contributed by atoms with Crippen LogP contribution < -0.4 is 5.32 Å². The van der Waals surface area contributed by atoms with E-state index in [2.05, 4.69) is 35.0 Å². The molecule has 1 fully saturated rings. The fraction of sp³-hybridized carbons (Fsp3) is 0.304. The summed E-state index contributed by atoms with van der Waals surface area (Å²) in [6.07, 6.45) is 4.46. The standard InChI is InChI=1S/C23H23ClN2O2S/c24-19-2-1-3-20(13-19)25-23-26-21(14-29-23)18-10-8-17(9-11-18)16-6-4-15(5-7-16)12-22(27)28/h1-3,8-11,13-16H,4-7,12H2,(H,25,26)(H,27,28). The molecule has 0 aliphatic heterocycles. The molecule has 0 spiro atoms. The van der Waals surface area contributed by atoms with Gasteiger partial charge in [-0.1, -0.05) is 41.9 Å². The van der Waals surface area contributed by atoms with E-state index in [9.17, 15) is 4.79 Å². The second kappa shape index (κ2) is 8.97. The quantitative estimate of drug-likeness (QED) is 0.447. The summed E-state index contributed by atoms with van der Waals surface area (Å²) in [6, 6.07) is 16.3. The molecule has 29 heavy (non-hydrogen) atoms. The van der Waals surface area contributed by atoms with Gasteiger partial charge in [-0.25, -0.2) is 4.98 Å². The van der Waals surface area contributed by atoms with Crippen molar-refractivity contribution in [1.82, 2.24) is 4.98 Å². The smallest absolute Gasteiger partial charge is 0.303 e. The number of carboxylic acid groups (broad SMARTS) is 1. The number of anilines is 2. The van der Waals surface area contributed by atoms with Crippen molar-refractivity contribution in [2.24, 2.45) is 5.92 Å². The number of benzene rings is 2. The molecule has 1 aliphatic rings. The molecule has 1 aliphatic carbocycles. The average Bonchev–Trinajstić information content (AvgIpc) is 3.17. The van der Waals surface area contributed by atoms with Gasteiger partial charge in [0.25, 0.3) is 0 Å². The number of carbonyl (C=O) groups is 1.